The van der Waals surface area contributed by atoms with E-state index in [1.54, 1.807) is 0 Å². The van der Waals surface area contributed by atoms with E-state index in [-0.39, 0.29) is 24.4 Å². The molecule has 0 aromatic heterocycles. The second-order valence-electron chi connectivity index (χ2n) is 5.52. The van der Waals surface area contributed by atoms with Crippen molar-refractivity contribution in [3.63, 3.8) is 0 Å². The summed E-state index contributed by atoms with van der Waals surface area (Å²) in [5, 5.41) is 0. The van der Waals surface area contributed by atoms with Crippen molar-refractivity contribution in [2.24, 2.45) is 5.73 Å². The Bertz CT molecular complexity index is 578. The van der Waals surface area contributed by atoms with Crippen molar-refractivity contribution in [3.8, 4) is 0 Å². The quantitative estimate of drug-likeness (QED) is 0.859. The molecule has 2 fully saturated rings. The van der Waals surface area contributed by atoms with Gasteiger partial charge < -0.3 is 10.5 Å². The Labute approximate surface area is 137 Å². The Balaban J connectivity index is 0.00000176. The van der Waals surface area contributed by atoms with E-state index in [1.807, 2.05) is 30.3 Å². The molecule has 22 heavy (non-hydrogen) atoms. The molecule has 0 radical (unpaired) electrons. The van der Waals surface area contributed by atoms with Gasteiger partial charge in [0.05, 0.1) is 13.2 Å². The third kappa shape index (κ3) is 3.45. The van der Waals surface area contributed by atoms with Crippen LogP contribution in [0.4, 0.5) is 0 Å². The molecular formula is C14H22ClN3O3S. The van der Waals surface area contributed by atoms with Crippen molar-refractivity contribution in [2.75, 3.05) is 39.4 Å². The highest BCUT2D eigenvalue weighted by Crippen LogP contribution is 2.29. The van der Waals surface area contributed by atoms with Gasteiger partial charge in [0.15, 0.2) is 0 Å². The second-order valence-corrected chi connectivity index (χ2v) is 7.45. The third-order valence-electron chi connectivity index (χ3n) is 4.18. The lowest BCUT2D eigenvalue weighted by atomic mass is 9.95. The average Bonchev–Trinajstić information content (AvgIpc) is 2.92. The van der Waals surface area contributed by atoms with Gasteiger partial charge >= 0.3 is 0 Å². The first-order valence-electron chi connectivity index (χ1n) is 7.22. The Hall–Kier alpha value is -0.700. The predicted octanol–water partition coefficient (Wildman–Crippen LogP) is 0.412. The van der Waals surface area contributed by atoms with Gasteiger partial charge in [-0.25, -0.2) is 0 Å². The minimum Gasteiger partial charge on any atom is -0.379 e. The predicted molar refractivity (Wildman–Crippen MR) is 87.3 cm³/mol. The summed E-state index contributed by atoms with van der Waals surface area (Å²) in [5.74, 6) is 0.0574. The summed E-state index contributed by atoms with van der Waals surface area (Å²) in [6, 6.07) is 9.72. The fraction of sp³-hybridized carbons (Fsp3) is 0.571. The van der Waals surface area contributed by atoms with Crippen LogP contribution in [0.5, 0.6) is 0 Å². The molecule has 1 aromatic rings. The molecule has 6 nitrogen and oxygen atoms in total. The van der Waals surface area contributed by atoms with Gasteiger partial charge in [0.2, 0.25) is 0 Å². The van der Waals surface area contributed by atoms with Gasteiger partial charge in [-0.05, 0) is 5.56 Å². The van der Waals surface area contributed by atoms with Crippen molar-refractivity contribution in [3.05, 3.63) is 35.9 Å². The minimum absolute atomic E-state index is 0. The standard InChI is InChI=1S/C14H21N3O3S.ClH/c15-14-11-17(10-13(14)12-4-2-1-3-5-12)21(18,19)16-6-8-20-9-7-16;/h1-5,13-14H,6-11,15H2;1H/t13-,14+;/m0./s1. The van der Waals surface area contributed by atoms with Crippen LogP contribution in [0.2, 0.25) is 0 Å². The SMILES string of the molecule is Cl.N[C@@H]1CN(S(=O)(=O)N2CCOCC2)C[C@H]1c1ccccc1. The summed E-state index contributed by atoms with van der Waals surface area (Å²) in [7, 11) is -3.43. The van der Waals surface area contributed by atoms with Crippen molar-refractivity contribution in [1.82, 2.24) is 8.61 Å². The molecule has 0 amide bonds. The summed E-state index contributed by atoms with van der Waals surface area (Å²) in [4.78, 5) is 0. The number of benzene rings is 1. The lowest BCUT2D eigenvalue weighted by molar-refractivity contribution is 0.0705. The van der Waals surface area contributed by atoms with E-state index in [0.29, 0.717) is 39.4 Å². The van der Waals surface area contributed by atoms with Gasteiger partial charge in [-0.2, -0.15) is 17.0 Å². The number of nitrogens with zero attached hydrogens (tertiary/aromatic N) is 2. The molecule has 8 heteroatoms. The Morgan fingerprint density at radius 3 is 2.32 bits per heavy atom. The first-order chi connectivity index (χ1) is 10.1. The lowest BCUT2D eigenvalue weighted by Gasteiger charge is -2.30. The molecule has 1 aromatic carbocycles. The first kappa shape index (κ1) is 17.7. The molecule has 0 aliphatic carbocycles. The fourth-order valence-electron chi connectivity index (χ4n) is 2.97. The van der Waals surface area contributed by atoms with Crippen LogP contribution in [0.3, 0.4) is 0 Å². The van der Waals surface area contributed by atoms with Crippen molar-refractivity contribution in [2.45, 2.75) is 12.0 Å². The van der Waals surface area contributed by atoms with Crippen molar-refractivity contribution < 1.29 is 13.2 Å². The van der Waals surface area contributed by atoms with Crippen molar-refractivity contribution >= 4 is 22.6 Å². The first-order valence-corrected chi connectivity index (χ1v) is 8.62. The number of rotatable bonds is 3. The monoisotopic (exact) mass is 347 g/mol. The summed E-state index contributed by atoms with van der Waals surface area (Å²) >= 11 is 0. The number of morpholine rings is 1. The maximum atomic E-state index is 12.7. The third-order valence-corrected chi connectivity index (χ3v) is 6.15. The Morgan fingerprint density at radius 2 is 1.68 bits per heavy atom. The molecule has 2 aliphatic rings. The van der Waals surface area contributed by atoms with Crippen LogP contribution in [0.25, 0.3) is 0 Å². The molecule has 124 valence electrons. The Kier molecular flexibility index (Phi) is 5.81. The lowest BCUT2D eigenvalue weighted by Crippen LogP contribution is -2.48. The van der Waals surface area contributed by atoms with Crippen LogP contribution in [0.15, 0.2) is 30.3 Å². The number of halogens is 1. The van der Waals surface area contributed by atoms with Gasteiger partial charge in [-0.3, -0.25) is 0 Å². The molecule has 2 saturated heterocycles. The van der Waals surface area contributed by atoms with Gasteiger partial charge in [0.1, 0.15) is 0 Å². The number of hydrogen-bond acceptors (Lipinski definition) is 4. The highest BCUT2D eigenvalue weighted by molar-refractivity contribution is 7.86. The number of ether oxygens (including phenoxy) is 1. The van der Waals surface area contributed by atoms with Crippen LogP contribution in [-0.2, 0) is 14.9 Å². The van der Waals surface area contributed by atoms with E-state index >= 15 is 0 Å². The van der Waals surface area contributed by atoms with Gasteiger partial charge in [0, 0.05) is 38.1 Å². The van der Waals surface area contributed by atoms with Crippen LogP contribution in [0.1, 0.15) is 11.5 Å². The molecule has 0 bridgehead atoms. The molecule has 0 saturated carbocycles. The zero-order valence-electron chi connectivity index (χ0n) is 12.3. The summed E-state index contributed by atoms with van der Waals surface area (Å²) < 4.78 is 33.5. The molecule has 0 unspecified atom stereocenters. The van der Waals surface area contributed by atoms with Gasteiger partial charge in [-0.15, -0.1) is 12.4 Å². The second kappa shape index (κ2) is 7.25. The molecule has 0 spiro atoms. The molecule has 2 aliphatic heterocycles. The summed E-state index contributed by atoms with van der Waals surface area (Å²) in [6.07, 6.45) is 0. The van der Waals surface area contributed by atoms with E-state index < -0.39 is 10.2 Å². The fourth-order valence-corrected chi connectivity index (χ4v) is 4.62. The maximum Gasteiger partial charge on any atom is 0.282 e. The molecule has 2 atom stereocenters. The van der Waals surface area contributed by atoms with E-state index in [9.17, 15) is 8.42 Å². The zero-order chi connectivity index (χ0) is 14.9. The Morgan fingerprint density at radius 1 is 1.05 bits per heavy atom. The van der Waals surface area contributed by atoms with Crippen LogP contribution in [0, 0.1) is 0 Å². The maximum absolute atomic E-state index is 12.7. The van der Waals surface area contributed by atoms with Crippen LogP contribution in [-0.4, -0.2) is 62.5 Å². The zero-order valence-corrected chi connectivity index (χ0v) is 13.9. The number of hydrogen-bond donors (Lipinski definition) is 1. The van der Waals surface area contributed by atoms with E-state index in [2.05, 4.69) is 0 Å². The molecule has 2 heterocycles. The van der Waals surface area contributed by atoms with Crippen LogP contribution < -0.4 is 5.73 Å². The smallest absolute Gasteiger partial charge is 0.282 e. The topological polar surface area (TPSA) is 75.9 Å². The summed E-state index contributed by atoms with van der Waals surface area (Å²) in [6.45, 7) is 2.58. The normalized spacial score (nSPS) is 27.5. The van der Waals surface area contributed by atoms with E-state index in [1.165, 1.54) is 8.61 Å². The average molecular weight is 348 g/mol. The largest absolute Gasteiger partial charge is 0.379 e. The van der Waals surface area contributed by atoms with Crippen LogP contribution >= 0.6 is 12.4 Å². The number of nitrogens with two attached hydrogens (primary N) is 1. The van der Waals surface area contributed by atoms with Crippen molar-refractivity contribution in [1.29, 1.82) is 0 Å². The molecule has 2 N–H and O–H groups in total. The van der Waals surface area contributed by atoms with Gasteiger partial charge in [0.25, 0.3) is 10.2 Å². The summed E-state index contributed by atoms with van der Waals surface area (Å²) in [5.41, 5.74) is 7.28. The highest BCUT2D eigenvalue weighted by atomic mass is 35.5. The molecule has 3 rings (SSSR count). The van der Waals surface area contributed by atoms with E-state index in [4.69, 9.17) is 10.5 Å². The van der Waals surface area contributed by atoms with Gasteiger partial charge in [-0.1, -0.05) is 30.3 Å². The highest BCUT2D eigenvalue weighted by Gasteiger charge is 2.40. The minimum atomic E-state index is -3.43. The molecular weight excluding hydrogens is 326 g/mol. The van der Waals surface area contributed by atoms with E-state index in [0.717, 1.165) is 5.56 Å².